The third-order valence-corrected chi connectivity index (χ3v) is 5.87. The number of carbonyl (C=O) groups is 1. The van der Waals surface area contributed by atoms with E-state index in [0.29, 0.717) is 25.9 Å². The number of carbonyl (C=O) groups excluding carboxylic acids is 1. The molecule has 0 unspecified atom stereocenters. The Balaban J connectivity index is 1.80. The number of sulfonamides is 1. The van der Waals surface area contributed by atoms with E-state index in [1.807, 2.05) is 12.3 Å². The van der Waals surface area contributed by atoms with Crippen LogP contribution in [0, 0.1) is 5.92 Å². The van der Waals surface area contributed by atoms with Gasteiger partial charge in [-0.05, 0) is 19.3 Å². The molecule has 0 amide bonds. The average Bonchev–Trinajstić information content (AvgIpc) is 2.92. The van der Waals surface area contributed by atoms with Crippen molar-refractivity contribution in [1.29, 1.82) is 0 Å². The summed E-state index contributed by atoms with van der Waals surface area (Å²) >= 11 is 1.56. The van der Waals surface area contributed by atoms with Gasteiger partial charge in [-0.1, -0.05) is 6.92 Å². The summed E-state index contributed by atoms with van der Waals surface area (Å²) in [4.78, 5) is 16.3. The first-order valence-electron chi connectivity index (χ1n) is 6.95. The molecule has 1 aliphatic heterocycles. The maximum absolute atomic E-state index is 12.0. The smallest absolute Gasteiger partial charge is 0.309 e. The molecule has 0 atom stereocenters. The summed E-state index contributed by atoms with van der Waals surface area (Å²) in [7, 11) is -3.16. The Morgan fingerprint density at radius 1 is 1.48 bits per heavy atom. The maximum atomic E-state index is 12.0. The summed E-state index contributed by atoms with van der Waals surface area (Å²) in [5.74, 6) is -0.471. The third kappa shape index (κ3) is 4.49. The first-order chi connectivity index (χ1) is 9.90. The summed E-state index contributed by atoms with van der Waals surface area (Å²) < 4.78 is 29.5. The highest BCUT2D eigenvalue weighted by molar-refractivity contribution is 7.88. The molecule has 2 rings (SSSR count). The van der Waals surface area contributed by atoms with Crippen molar-refractivity contribution in [3.8, 4) is 0 Å². The van der Waals surface area contributed by atoms with E-state index in [1.54, 1.807) is 11.3 Å². The fourth-order valence-corrected chi connectivity index (χ4v) is 3.87. The number of nitrogens with zero attached hydrogens (tertiary/aromatic N) is 2. The second-order valence-corrected chi connectivity index (χ2v) is 8.06. The zero-order chi connectivity index (χ0) is 15.5. The summed E-state index contributed by atoms with van der Waals surface area (Å²) in [6.45, 7) is 3.00. The number of hydrogen-bond acceptors (Lipinski definition) is 6. The van der Waals surface area contributed by atoms with Gasteiger partial charge in [0.25, 0.3) is 0 Å². The van der Waals surface area contributed by atoms with Gasteiger partial charge < -0.3 is 4.74 Å². The Kier molecular flexibility index (Phi) is 5.34. The van der Waals surface area contributed by atoms with Crippen LogP contribution < -0.4 is 0 Å². The van der Waals surface area contributed by atoms with E-state index >= 15 is 0 Å². The zero-order valence-corrected chi connectivity index (χ0v) is 13.9. The minimum absolute atomic E-state index is 0.196. The fraction of sp³-hybridized carbons (Fsp3) is 0.692. The van der Waals surface area contributed by atoms with Crippen LogP contribution >= 0.6 is 11.3 Å². The fourth-order valence-electron chi connectivity index (χ4n) is 2.26. The number of rotatable bonds is 5. The molecule has 0 bridgehead atoms. The molecular weight excluding hydrogens is 312 g/mol. The van der Waals surface area contributed by atoms with E-state index in [9.17, 15) is 13.2 Å². The molecule has 0 N–H and O–H groups in total. The van der Waals surface area contributed by atoms with Crippen LogP contribution in [0.15, 0.2) is 5.38 Å². The molecule has 0 saturated carbocycles. The Labute approximate surface area is 129 Å². The van der Waals surface area contributed by atoms with Crippen molar-refractivity contribution in [3.05, 3.63) is 16.1 Å². The normalized spacial score (nSPS) is 17.8. The summed E-state index contributed by atoms with van der Waals surface area (Å²) in [5, 5.41) is 2.93. The molecule has 1 aromatic rings. The quantitative estimate of drug-likeness (QED) is 0.762. The molecule has 21 heavy (non-hydrogen) atoms. The van der Waals surface area contributed by atoms with Gasteiger partial charge in [0.2, 0.25) is 10.0 Å². The number of ether oxygens (including phenoxy) is 1. The predicted octanol–water partition coefficient (Wildman–Crippen LogP) is 1.42. The SMILES string of the molecule is CCc1nc(COC(=O)C2CCN(S(C)(=O)=O)CC2)cs1. The largest absolute Gasteiger partial charge is 0.459 e. The lowest BCUT2D eigenvalue weighted by molar-refractivity contribution is -0.151. The van der Waals surface area contributed by atoms with Gasteiger partial charge in [-0.2, -0.15) is 0 Å². The number of thiazole rings is 1. The molecule has 1 saturated heterocycles. The Morgan fingerprint density at radius 3 is 2.67 bits per heavy atom. The highest BCUT2D eigenvalue weighted by Crippen LogP contribution is 2.21. The molecule has 0 aromatic carbocycles. The molecule has 118 valence electrons. The van der Waals surface area contributed by atoms with Crippen molar-refractivity contribution < 1.29 is 17.9 Å². The van der Waals surface area contributed by atoms with Crippen molar-refractivity contribution in [3.63, 3.8) is 0 Å². The van der Waals surface area contributed by atoms with Gasteiger partial charge in [-0.15, -0.1) is 11.3 Å². The number of aromatic nitrogens is 1. The minimum Gasteiger partial charge on any atom is -0.459 e. The molecule has 2 heterocycles. The van der Waals surface area contributed by atoms with E-state index in [0.717, 1.165) is 17.1 Å². The van der Waals surface area contributed by atoms with Crippen LogP contribution in [0.5, 0.6) is 0 Å². The highest BCUT2D eigenvalue weighted by atomic mass is 32.2. The van der Waals surface area contributed by atoms with Crippen LogP contribution in [0.25, 0.3) is 0 Å². The van der Waals surface area contributed by atoms with Gasteiger partial charge in [0, 0.05) is 18.5 Å². The molecule has 1 fully saturated rings. The number of aryl methyl sites for hydroxylation is 1. The first-order valence-corrected chi connectivity index (χ1v) is 9.68. The molecular formula is C13H20N2O4S2. The van der Waals surface area contributed by atoms with Gasteiger partial charge in [0.05, 0.1) is 22.9 Å². The highest BCUT2D eigenvalue weighted by Gasteiger charge is 2.29. The molecule has 8 heteroatoms. The summed E-state index contributed by atoms with van der Waals surface area (Å²) in [5.41, 5.74) is 0.777. The predicted molar refractivity (Wildman–Crippen MR) is 80.4 cm³/mol. The first kappa shape index (κ1) is 16.4. The summed E-state index contributed by atoms with van der Waals surface area (Å²) in [6.07, 6.45) is 3.11. The Morgan fingerprint density at radius 2 is 2.14 bits per heavy atom. The monoisotopic (exact) mass is 332 g/mol. The van der Waals surface area contributed by atoms with Gasteiger partial charge in [-0.25, -0.2) is 17.7 Å². The third-order valence-electron chi connectivity index (χ3n) is 3.52. The standard InChI is InChI=1S/C13H20N2O4S2/c1-3-12-14-11(9-20-12)8-19-13(16)10-4-6-15(7-5-10)21(2,17)18/h9-10H,3-8H2,1-2H3. The lowest BCUT2D eigenvalue weighted by Crippen LogP contribution is -2.40. The minimum atomic E-state index is -3.16. The van der Waals surface area contributed by atoms with Crippen LogP contribution in [-0.2, 0) is 32.6 Å². The Hall–Kier alpha value is -0.990. The lowest BCUT2D eigenvalue weighted by Gasteiger charge is -2.28. The molecule has 1 aliphatic rings. The van der Waals surface area contributed by atoms with Crippen molar-refractivity contribution >= 4 is 27.3 Å². The van der Waals surface area contributed by atoms with E-state index in [2.05, 4.69) is 4.98 Å². The number of hydrogen-bond donors (Lipinski definition) is 0. The van der Waals surface area contributed by atoms with Crippen molar-refractivity contribution in [2.45, 2.75) is 32.8 Å². The van der Waals surface area contributed by atoms with Crippen molar-refractivity contribution in [2.24, 2.45) is 5.92 Å². The molecule has 1 aromatic heterocycles. The van der Waals surface area contributed by atoms with E-state index in [1.165, 1.54) is 10.6 Å². The van der Waals surface area contributed by atoms with Gasteiger partial charge in [0.15, 0.2) is 0 Å². The molecule has 0 aliphatic carbocycles. The van der Waals surface area contributed by atoms with Crippen molar-refractivity contribution in [1.82, 2.24) is 9.29 Å². The van der Waals surface area contributed by atoms with Gasteiger partial charge >= 0.3 is 5.97 Å². The number of piperidine rings is 1. The molecule has 6 nitrogen and oxygen atoms in total. The molecule has 0 spiro atoms. The average molecular weight is 332 g/mol. The molecule has 0 radical (unpaired) electrons. The van der Waals surface area contributed by atoms with Crippen LogP contribution in [0.1, 0.15) is 30.5 Å². The second kappa shape index (κ2) is 6.85. The van der Waals surface area contributed by atoms with E-state index in [4.69, 9.17) is 4.74 Å². The van der Waals surface area contributed by atoms with Gasteiger partial charge in [-0.3, -0.25) is 4.79 Å². The van der Waals surface area contributed by atoms with Crippen LogP contribution in [0.4, 0.5) is 0 Å². The topological polar surface area (TPSA) is 76.6 Å². The van der Waals surface area contributed by atoms with Crippen LogP contribution in [0.2, 0.25) is 0 Å². The van der Waals surface area contributed by atoms with Crippen LogP contribution in [0.3, 0.4) is 0 Å². The van der Waals surface area contributed by atoms with Crippen molar-refractivity contribution in [2.75, 3.05) is 19.3 Å². The van der Waals surface area contributed by atoms with Crippen LogP contribution in [-0.4, -0.2) is 43.0 Å². The van der Waals surface area contributed by atoms with E-state index < -0.39 is 10.0 Å². The zero-order valence-electron chi connectivity index (χ0n) is 12.2. The second-order valence-electron chi connectivity index (χ2n) is 5.13. The van der Waals surface area contributed by atoms with Gasteiger partial charge in [0.1, 0.15) is 6.61 Å². The number of esters is 1. The lowest BCUT2D eigenvalue weighted by atomic mass is 9.98. The summed E-state index contributed by atoms with van der Waals surface area (Å²) in [6, 6.07) is 0. The van der Waals surface area contributed by atoms with E-state index in [-0.39, 0.29) is 18.5 Å². The maximum Gasteiger partial charge on any atom is 0.309 e. The Bertz CT molecular complexity index is 589.